The van der Waals surface area contributed by atoms with Crippen LogP contribution < -0.4 is 10.6 Å². The van der Waals surface area contributed by atoms with Crippen molar-refractivity contribution in [1.82, 2.24) is 20.4 Å². The number of halogens is 1. The number of benzene rings is 1. The second kappa shape index (κ2) is 8.92. The Balaban J connectivity index is 0.00000280. The highest BCUT2D eigenvalue weighted by atomic mass is 35.5. The van der Waals surface area contributed by atoms with Crippen molar-refractivity contribution in [3.63, 3.8) is 0 Å². The topological polar surface area (TPSA) is 81.8 Å². The average Bonchev–Trinajstić information content (AvgIpc) is 2.87. The van der Waals surface area contributed by atoms with Gasteiger partial charge in [-0.25, -0.2) is 4.79 Å². The van der Waals surface area contributed by atoms with Crippen LogP contribution in [0.15, 0.2) is 24.3 Å². The maximum Gasteiger partial charge on any atom is 0.325 e. The summed E-state index contributed by atoms with van der Waals surface area (Å²) in [5, 5.41) is 5.93. The summed E-state index contributed by atoms with van der Waals surface area (Å²) in [7, 11) is 1.93. The van der Waals surface area contributed by atoms with Gasteiger partial charge in [-0.1, -0.05) is 29.8 Å². The Bertz CT molecular complexity index is 731. The van der Waals surface area contributed by atoms with Crippen LogP contribution in [0.1, 0.15) is 30.9 Å². The summed E-state index contributed by atoms with van der Waals surface area (Å²) >= 11 is 0. The lowest BCUT2D eigenvalue weighted by Gasteiger charge is -2.32. The van der Waals surface area contributed by atoms with Gasteiger partial charge in [0.25, 0.3) is 5.91 Å². The molecule has 2 saturated heterocycles. The molecule has 0 spiro atoms. The Kier molecular flexibility index (Phi) is 7.06. The fourth-order valence-corrected chi connectivity index (χ4v) is 3.83. The van der Waals surface area contributed by atoms with Crippen molar-refractivity contribution in [2.24, 2.45) is 5.92 Å². The highest BCUT2D eigenvalue weighted by Crippen LogP contribution is 2.29. The predicted molar refractivity (Wildman–Crippen MR) is 109 cm³/mol. The first-order valence-corrected chi connectivity index (χ1v) is 9.49. The Hall–Kier alpha value is -2.12. The van der Waals surface area contributed by atoms with E-state index < -0.39 is 11.6 Å². The van der Waals surface area contributed by atoms with Crippen molar-refractivity contribution < 1.29 is 14.4 Å². The van der Waals surface area contributed by atoms with Crippen molar-refractivity contribution in [1.29, 1.82) is 0 Å². The van der Waals surface area contributed by atoms with E-state index in [1.807, 2.05) is 38.2 Å². The molecule has 1 atom stereocenters. The minimum atomic E-state index is -1.13. The number of amides is 4. The van der Waals surface area contributed by atoms with Gasteiger partial charge >= 0.3 is 6.03 Å². The molecule has 154 valence electrons. The second-order valence-corrected chi connectivity index (χ2v) is 7.69. The van der Waals surface area contributed by atoms with Gasteiger partial charge in [0.05, 0.1) is 0 Å². The van der Waals surface area contributed by atoms with Gasteiger partial charge in [-0.05, 0) is 51.8 Å². The van der Waals surface area contributed by atoms with Crippen LogP contribution in [0.3, 0.4) is 0 Å². The zero-order valence-electron chi connectivity index (χ0n) is 16.7. The molecule has 0 saturated carbocycles. The number of imide groups is 1. The number of rotatable bonds is 5. The SMILES string of the molecule is CNCC1CCN(C(=O)CN2C(=O)NC(C)(c3ccc(C)cc3)C2=O)CC1.Cl. The van der Waals surface area contributed by atoms with E-state index >= 15 is 0 Å². The number of nitrogens with one attached hydrogen (secondary N) is 2. The van der Waals surface area contributed by atoms with Crippen molar-refractivity contribution in [2.45, 2.75) is 32.2 Å². The van der Waals surface area contributed by atoms with Gasteiger partial charge in [-0.15, -0.1) is 12.4 Å². The highest BCUT2D eigenvalue weighted by Gasteiger charge is 2.49. The smallest absolute Gasteiger partial charge is 0.325 e. The summed E-state index contributed by atoms with van der Waals surface area (Å²) in [6.07, 6.45) is 1.88. The molecular weight excluding hydrogens is 380 g/mol. The fraction of sp³-hybridized carbons (Fsp3) is 0.550. The summed E-state index contributed by atoms with van der Waals surface area (Å²) in [5.41, 5.74) is 0.660. The number of urea groups is 1. The van der Waals surface area contributed by atoms with Crippen molar-refractivity contribution in [3.8, 4) is 0 Å². The normalized spacial score (nSPS) is 22.8. The van der Waals surface area contributed by atoms with Crippen molar-refractivity contribution in [3.05, 3.63) is 35.4 Å². The molecule has 7 nitrogen and oxygen atoms in total. The Morgan fingerprint density at radius 1 is 1.21 bits per heavy atom. The summed E-state index contributed by atoms with van der Waals surface area (Å²) in [6.45, 7) is 5.73. The molecule has 0 bridgehead atoms. The molecule has 2 N–H and O–H groups in total. The van der Waals surface area contributed by atoms with Gasteiger partial charge in [-0.3, -0.25) is 14.5 Å². The lowest BCUT2D eigenvalue weighted by Crippen LogP contribution is -2.47. The first kappa shape index (κ1) is 22.2. The predicted octanol–water partition coefficient (Wildman–Crippen LogP) is 1.64. The van der Waals surface area contributed by atoms with Crippen LogP contribution in [0.25, 0.3) is 0 Å². The highest BCUT2D eigenvalue weighted by molar-refractivity contribution is 6.09. The van der Waals surface area contributed by atoms with E-state index in [-0.39, 0.29) is 30.8 Å². The molecule has 1 unspecified atom stereocenters. The molecule has 2 fully saturated rings. The van der Waals surface area contributed by atoms with Crippen LogP contribution >= 0.6 is 12.4 Å². The summed E-state index contributed by atoms with van der Waals surface area (Å²) in [5.74, 6) is 0.0185. The van der Waals surface area contributed by atoms with Crippen LogP contribution in [-0.2, 0) is 15.1 Å². The van der Waals surface area contributed by atoms with Gasteiger partial charge in [-0.2, -0.15) is 0 Å². The zero-order valence-corrected chi connectivity index (χ0v) is 17.5. The molecule has 2 aliphatic heterocycles. The molecule has 1 aromatic carbocycles. The Morgan fingerprint density at radius 3 is 2.39 bits per heavy atom. The molecule has 2 heterocycles. The van der Waals surface area contributed by atoms with Crippen LogP contribution in [0.4, 0.5) is 4.79 Å². The number of carbonyl (C=O) groups excluding carboxylic acids is 3. The first-order valence-electron chi connectivity index (χ1n) is 9.49. The molecular formula is C20H29ClN4O3. The van der Waals surface area contributed by atoms with E-state index in [9.17, 15) is 14.4 Å². The van der Waals surface area contributed by atoms with Crippen LogP contribution in [0.5, 0.6) is 0 Å². The number of piperidine rings is 1. The molecule has 1 aromatic rings. The minimum absolute atomic E-state index is 0. The third kappa shape index (κ3) is 4.31. The number of nitrogens with zero attached hydrogens (tertiary/aromatic N) is 2. The van der Waals surface area contributed by atoms with E-state index in [2.05, 4.69) is 10.6 Å². The lowest BCUT2D eigenvalue weighted by atomic mass is 9.91. The molecule has 28 heavy (non-hydrogen) atoms. The van der Waals surface area contributed by atoms with Gasteiger partial charge in [0.1, 0.15) is 12.1 Å². The Morgan fingerprint density at radius 2 is 1.82 bits per heavy atom. The number of likely N-dealkylation sites (tertiary alicyclic amines) is 1. The third-order valence-electron chi connectivity index (χ3n) is 5.66. The number of carbonyl (C=O) groups is 3. The van der Waals surface area contributed by atoms with Crippen molar-refractivity contribution >= 4 is 30.3 Å². The summed E-state index contributed by atoms with van der Waals surface area (Å²) < 4.78 is 0. The largest absolute Gasteiger partial charge is 0.341 e. The Labute approximate surface area is 172 Å². The third-order valence-corrected chi connectivity index (χ3v) is 5.66. The van der Waals surface area contributed by atoms with Crippen molar-refractivity contribution in [2.75, 3.05) is 33.2 Å². The van der Waals surface area contributed by atoms with Crippen LogP contribution in [0, 0.1) is 12.8 Å². The number of aryl methyl sites for hydroxylation is 1. The minimum Gasteiger partial charge on any atom is -0.341 e. The zero-order chi connectivity index (χ0) is 19.6. The van der Waals surface area contributed by atoms with E-state index in [1.165, 1.54) is 0 Å². The van der Waals surface area contributed by atoms with Gasteiger partial charge in [0.2, 0.25) is 5.91 Å². The average molecular weight is 409 g/mol. The molecule has 0 radical (unpaired) electrons. The van der Waals surface area contributed by atoms with E-state index in [0.29, 0.717) is 24.6 Å². The molecule has 8 heteroatoms. The molecule has 4 amide bonds. The maximum atomic E-state index is 12.9. The number of hydrogen-bond acceptors (Lipinski definition) is 4. The molecule has 3 rings (SSSR count). The van der Waals surface area contributed by atoms with Crippen LogP contribution in [-0.4, -0.2) is 60.9 Å². The number of hydrogen-bond donors (Lipinski definition) is 2. The first-order chi connectivity index (χ1) is 12.8. The molecule has 0 aromatic heterocycles. The summed E-state index contributed by atoms with van der Waals surface area (Å²) in [4.78, 5) is 40.8. The monoisotopic (exact) mass is 408 g/mol. The van der Waals surface area contributed by atoms with Gasteiger partial charge in [0.15, 0.2) is 0 Å². The molecule has 2 aliphatic rings. The standard InChI is InChI=1S/C20H28N4O3.ClH/c1-14-4-6-16(7-5-14)20(2)18(26)24(19(27)22-20)13-17(25)23-10-8-15(9-11-23)12-21-3;/h4-7,15,21H,8-13H2,1-3H3,(H,22,27);1H. The van der Waals surface area contributed by atoms with Gasteiger partial charge in [0, 0.05) is 13.1 Å². The van der Waals surface area contributed by atoms with Gasteiger partial charge < -0.3 is 15.5 Å². The lowest BCUT2D eigenvalue weighted by molar-refractivity contribution is -0.139. The van der Waals surface area contributed by atoms with E-state index in [1.54, 1.807) is 11.8 Å². The van der Waals surface area contributed by atoms with E-state index in [0.717, 1.165) is 29.8 Å². The fourth-order valence-electron chi connectivity index (χ4n) is 3.83. The van der Waals surface area contributed by atoms with Crippen LogP contribution in [0.2, 0.25) is 0 Å². The summed E-state index contributed by atoms with van der Waals surface area (Å²) in [6, 6.07) is 6.98. The maximum absolute atomic E-state index is 12.9. The van der Waals surface area contributed by atoms with E-state index in [4.69, 9.17) is 0 Å². The second-order valence-electron chi connectivity index (χ2n) is 7.69. The molecule has 0 aliphatic carbocycles. The quantitative estimate of drug-likeness (QED) is 0.726.